The van der Waals surface area contributed by atoms with E-state index in [0.717, 1.165) is 0 Å². The quantitative estimate of drug-likeness (QED) is 0.624. The molecule has 18 heavy (non-hydrogen) atoms. The largest absolute Gasteiger partial charge is 0.393 e. The summed E-state index contributed by atoms with van der Waals surface area (Å²) in [6.07, 6.45) is 0.257. The Morgan fingerprint density at radius 1 is 1.56 bits per heavy atom. The van der Waals surface area contributed by atoms with Crippen molar-refractivity contribution in [2.45, 2.75) is 26.0 Å². The van der Waals surface area contributed by atoms with Gasteiger partial charge >= 0.3 is 5.69 Å². The minimum Gasteiger partial charge on any atom is -0.393 e. The van der Waals surface area contributed by atoms with Crippen LogP contribution in [0.25, 0.3) is 0 Å². The maximum absolute atomic E-state index is 13.4. The molecule has 0 amide bonds. The topological polar surface area (TPSA) is 66.6 Å². The fourth-order valence-electron chi connectivity index (χ4n) is 1.59. The molecule has 1 rings (SSSR count). The van der Waals surface area contributed by atoms with Crippen molar-refractivity contribution in [2.24, 2.45) is 0 Å². The number of benzene rings is 1. The van der Waals surface area contributed by atoms with E-state index in [1.807, 2.05) is 11.9 Å². The van der Waals surface area contributed by atoms with Crippen LogP contribution in [-0.4, -0.2) is 34.6 Å². The third-order valence-electron chi connectivity index (χ3n) is 2.59. The van der Waals surface area contributed by atoms with Crippen LogP contribution in [0.5, 0.6) is 0 Å². The van der Waals surface area contributed by atoms with E-state index in [1.54, 1.807) is 13.0 Å². The van der Waals surface area contributed by atoms with Crippen LogP contribution < -0.4 is 0 Å². The second kappa shape index (κ2) is 6.42. The molecule has 0 bridgehead atoms. The Hall–Kier alpha value is -1.53. The van der Waals surface area contributed by atoms with Gasteiger partial charge in [0.25, 0.3) is 0 Å². The summed E-state index contributed by atoms with van der Waals surface area (Å²) in [4.78, 5) is 11.6. The molecule has 1 N–H and O–H groups in total. The highest BCUT2D eigenvalue weighted by molar-refractivity contribution is 5.34. The van der Waals surface area contributed by atoms with Crippen molar-refractivity contribution in [1.29, 1.82) is 0 Å². The van der Waals surface area contributed by atoms with Crippen LogP contribution in [0.1, 0.15) is 18.9 Å². The van der Waals surface area contributed by atoms with E-state index >= 15 is 0 Å². The molecule has 0 aliphatic rings. The van der Waals surface area contributed by atoms with E-state index in [0.29, 0.717) is 25.1 Å². The van der Waals surface area contributed by atoms with Crippen molar-refractivity contribution in [3.05, 3.63) is 39.7 Å². The average molecular weight is 256 g/mol. The van der Waals surface area contributed by atoms with E-state index < -0.39 is 16.4 Å². The van der Waals surface area contributed by atoms with E-state index in [9.17, 15) is 14.5 Å². The van der Waals surface area contributed by atoms with Gasteiger partial charge in [-0.25, -0.2) is 0 Å². The molecule has 0 heterocycles. The van der Waals surface area contributed by atoms with E-state index in [2.05, 4.69) is 0 Å². The Morgan fingerprint density at radius 3 is 2.72 bits per heavy atom. The van der Waals surface area contributed by atoms with E-state index in [-0.39, 0.29) is 6.10 Å². The molecule has 0 saturated heterocycles. The van der Waals surface area contributed by atoms with Gasteiger partial charge in [-0.05, 0) is 32.0 Å². The average Bonchev–Trinajstić information content (AvgIpc) is 2.26. The smallest absolute Gasteiger partial charge is 0.304 e. The summed E-state index contributed by atoms with van der Waals surface area (Å²) in [7, 11) is 1.85. The third kappa shape index (κ3) is 4.38. The third-order valence-corrected chi connectivity index (χ3v) is 2.59. The summed E-state index contributed by atoms with van der Waals surface area (Å²) in [6, 6.07) is 3.89. The minimum absolute atomic E-state index is 0.374. The van der Waals surface area contributed by atoms with Gasteiger partial charge in [0.15, 0.2) is 0 Å². The van der Waals surface area contributed by atoms with Gasteiger partial charge in [0.05, 0.1) is 11.0 Å². The van der Waals surface area contributed by atoms with Crippen LogP contribution in [-0.2, 0) is 6.54 Å². The summed E-state index contributed by atoms with van der Waals surface area (Å²) in [5.41, 5.74) is 0.163. The van der Waals surface area contributed by atoms with Gasteiger partial charge in [0, 0.05) is 19.2 Å². The lowest BCUT2D eigenvalue weighted by Gasteiger charge is -2.17. The number of aliphatic hydroxyl groups is 1. The molecule has 5 nitrogen and oxygen atoms in total. The van der Waals surface area contributed by atoms with Crippen molar-refractivity contribution < 1.29 is 14.4 Å². The molecule has 1 aromatic rings. The predicted molar refractivity (Wildman–Crippen MR) is 65.7 cm³/mol. The van der Waals surface area contributed by atoms with Crippen molar-refractivity contribution in [3.8, 4) is 0 Å². The Kier molecular flexibility index (Phi) is 5.18. The lowest BCUT2D eigenvalue weighted by Crippen LogP contribution is -2.22. The van der Waals surface area contributed by atoms with Gasteiger partial charge in [0.2, 0.25) is 5.82 Å². The lowest BCUT2D eigenvalue weighted by molar-refractivity contribution is -0.387. The first-order valence-electron chi connectivity index (χ1n) is 5.69. The number of hydrogen-bond donors (Lipinski definition) is 1. The van der Waals surface area contributed by atoms with Crippen molar-refractivity contribution in [1.82, 2.24) is 4.90 Å². The number of rotatable bonds is 6. The molecular weight excluding hydrogens is 239 g/mol. The van der Waals surface area contributed by atoms with Crippen molar-refractivity contribution >= 4 is 5.69 Å². The molecule has 0 saturated carbocycles. The molecule has 0 aliphatic heterocycles. The standard InChI is InChI=1S/C12H17FN2O3/c1-9(16)5-6-14(2)8-10-3-4-12(15(17)18)11(13)7-10/h3-4,7,9,16H,5-6,8H2,1-2H3. The molecule has 0 aromatic heterocycles. The van der Waals surface area contributed by atoms with E-state index in [1.165, 1.54) is 12.1 Å². The Morgan fingerprint density at radius 2 is 2.22 bits per heavy atom. The maximum Gasteiger partial charge on any atom is 0.304 e. The molecule has 1 aromatic carbocycles. The Labute approximate surface area is 105 Å². The first-order valence-corrected chi connectivity index (χ1v) is 5.69. The molecule has 0 aliphatic carbocycles. The Bertz CT molecular complexity index is 424. The van der Waals surface area contributed by atoms with Gasteiger partial charge < -0.3 is 10.0 Å². The van der Waals surface area contributed by atoms with Gasteiger partial charge in [-0.2, -0.15) is 4.39 Å². The molecule has 0 fully saturated rings. The van der Waals surface area contributed by atoms with Crippen LogP contribution in [0.4, 0.5) is 10.1 Å². The number of halogens is 1. The zero-order valence-electron chi connectivity index (χ0n) is 10.5. The first-order chi connectivity index (χ1) is 8.40. The number of hydrogen-bond acceptors (Lipinski definition) is 4. The molecule has 6 heteroatoms. The highest BCUT2D eigenvalue weighted by atomic mass is 19.1. The first kappa shape index (κ1) is 14.5. The maximum atomic E-state index is 13.4. The highest BCUT2D eigenvalue weighted by Crippen LogP contribution is 2.18. The minimum atomic E-state index is -0.818. The van der Waals surface area contributed by atoms with Crippen LogP contribution in [0.2, 0.25) is 0 Å². The van der Waals surface area contributed by atoms with E-state index in [4.69, 9.17) is 5.11 Å². The number of nitrogens with zero attached hydrogens (tertiary/aromatic N) is 2. The Balaban J connectivity index is 2.63. The summed E-state index contributed by atoms with van der Waals surface area (Å²) >= 11 is 0. The number of nitro groups is 1. The normalized spacial score (nSPS) is 12.7. The van der Waals surface area contributed by atoms with Crippen LogP contribution in [0, 0.1) is 15.9 Å². The lowest BCUT2D eigenvalue weighted by atomic mass is 10.2. The summed E-state index contributed by atoms with van der Waals surface area (Å²) in [5, 5.41) is 19.6. The second-order valence-corrected chi connectivity index (χ2v) is 4.42. The molecule has 0 spiro atoms. The number of aliphatic hydroxyl groups excluding tert-OH is 1. The highest BCUT2D eigenvalue weighted by Gasteiger charge is 2.14. The zero-order chi connectivity index (χ0) is 13.7. The molecule has 0 radical (unpaired) electrons. The van der Waals surface area contributed by atoms with Crippen LogP contribution >= 0.6 is 0 Å². The van der Waals surface area contributed by atoms with Gasteiger partial charge in [-0.15, -0.1) is 0 Å². The van der Waals surface area contributed by atoms with Crippen molar-refractivity contribution in [3.63, 3.8) is 0 Å². The summed E-state index contributed by atoms with van der Waals surface area (Å²) < 4.78 is 13.4. The molecule has 100 valence electrons. The fourth-order valence-corrected chi connectivity index (χ4v) is 1.59. The predicted octanol–water partition coefficient (Wildman–Crippen LogP) is 1.94. The fraction of sp³-hybridized carbons (Fsp3) is 0.500. The number of nitro benzene ring substituents is 1. The van der Waals surface area contributed by atoms with Crippen molar-refractivity contribution in [2.75, 3.05) is 13.6 Å². The van der Waals surface area contributed by atoms with Gasteiger partial charge in [-0.1, -0.05) is 6.07 Å². The zero-order valence-corrected chi connectivity index (χ0v) is 10.5. The molecule has 1 unspecified atom stereocenters. The summed E-state index contributed by atoms with van der Waals surface area (Å²) in [6.45, 7) is 2.87. The monoisotopic (exact) mass is 256 g/mol. The second-order valence-electron chi connectivity index (χ2n) is 4.42. The van der Waals surface area contributed by atoms with Crippen LogP contribution in [0.15, 0.2) is 18.2 Å². The van der Waals surface area contributed by atoms with Gasteiger partial charge in [0.1, 0.15) is 0 Å². The SMILES string of the molecule is CC(O)CCN(C)Cc1ccc([N+](=O)[O-])c(F)c1. The molecular formula is C12H17FN2O3. The summed E-state index contributed by atoms with van der Waals surface area (Å²) in [5.74, 6) is -0.818. The molecule has 1 atom stereocenters. The van der Waals surface area contributed by atoms with Crippen LogP contribution in [0.3, 0.4) is 0 Å². The van der Waals surface area contributed by atoms with Gasteiger partial charge in [-0.3, -0.25) is 10.1 Å².